The number of nitrogens with zero attached hydrogens (tertiary/aromatic N) is 2. The number of carbonyl (C=O) groups excluding carboxylic acids is 1. The molecule has 1 amide bonds. The molecule has 0 bridgehead atoms. The zero-order valence-corrected chi connectivity index (χ0v) is 16.0. The lowest BCUT2D eigenvalue weighted by Gasteiger charge is -2.13. The van der Waals surface area contributed by atoms with E-state index in [0.29, 0.717) is 5.89 Å². The number of anilines is 1. The lowest BCUT2D eigenvalue weighted by atomic mass is 10.2. The molecule has 142 valence electrons. The molecule has 0 aliphatic heterocycles. The van der Waals surface area contributed by atoms with E-state index in [4.69, 9.17) is 16.0 Å². The third-order valence-corrected chi connectivity index (χ3v) is 5.45. The van der Waals surface area contributed by atoms with Crippen molar-refractivity contribution in [3.63, 3.8) is 0 Å². The predicted molar refractivity (Wildman–Crippen MR) is 98.0 cm³/mol. The molecular formula is C16H11ClF3N3O2S2. The zero-order chi connectivity index (χ0) is 19.6. The SMILES string of the molecule is CC(Sc1nnc(-c2cccs2)o1)C(=O)Nc1ccc(Cl)c(C(F)(F)F)c1. The van der Waals surface area contributed by atoms with Crippen molar-refractivity contribution in [2.45, 2.75) is 23.6 Å². The first kappa shape index (κ1) is 19.7. The summed E-state index contributed by atoms with van der Waals surface area (Å²) in [5.41, 5.74) is -1.02. The highest BCUT2D eigenvalue weighted by molar-refractivity contribution is 8.00. The van der Waals surface area contributed by atoms with E-state index in [9.17, 15) is 18.0 Å². The third kappa shape index (κ3) is 4.82. The van der Waals surface area contributed by atoms with Crippen LogP contribution in [0.5, 0.6) is 0 Å². The minimum Gasteiger partial charge on any atom is -0.410 e. The molecule has 2 aromatic heterocycles. The van der Waals surface area contributed by atoms with Gasteiger partial charge in [-0.1, -0.05) is 29.4 Å². The largest absolute Gasteiger partial charge is 0.417 e. The molecule has 0 fully saturated rings. The van der Waals surface area contributed by atoms with Crippen molar-refractivity contribution in [3.8, 4) is 10.8 Å². The number of benzene rings is 1. The molecule has 2 heterocycles. The van der Waals surface area contributed by atoms with Crippen molar-refractivity contribution in [2.24, 2.45) is 0 Å². The number of thioether (sulfide) groups is 1. The summed E-state index contributed by atoms with van der Waals surface area (Å²) in [6.07, 6.45) is -4.61. The van der Waals surface area contributed by atoms with Gasteiger partial charge in [0.25, 0.3) is 11.1 Å². The summed E-state index contributed by atoms with van der Waals surface area (Å²) in [7, 11) is 0. The summed E-state index contributed by atoms with van der Waals surface area (Å²) in [5.74, 6) is -0.168. The van der Waals surface area contributed by atoms with Crippen molar-refractivity contribution < 1.29 is 22.4 Å². The number of halogens is 4. The lowest BCUT2D eigenvalue weighted by molar-refractivity contribution is -0.137. The number of aromatic nitrogens is 2. The first-order valence-corrected chi connectivity index (χ1v) is 9.59. The summed E-state index contributed by atoms with van der Waals surface area (Å²) >= 11 is 8.01. The van der Waals surface area contributed by atoms with Crippen LogP contribution in [0, 0.1) is 0 Å². The van der Waals surface area contributed by atoms with Gasteiger partial charge in [-0.15, -0.1) is 21.5 Å². The van der Waals surface area contributed by atoms with Gasteiger partial charge in [0.05, 0.1) is 20.7 Å². The fourth-order valence-corrected chi connectivity index (χ4v) is 3.58. The van der Waals surface area contributed by atoms with Gasteiger partial charge in [-0.25, -0.2) is 0 Å². The van der Waals surface area contributed by atoms with Gasteiger partial charge in [0.15, 0.2) is 0 Å². The second kappa shape index (κ2) is 7.91. The zero-order valence-electron chi connectivity index (χ0n) is 13.6. The molecule has 1 unspecified atom stereocenters. The van der Waals surface area contributed by atoms with Crippen molar-refractivity contribution in [3.05, 3.63) is 46.3 Å². The number of carbonyl (C=O) groups is 1. The summed E-state index contributed by atoms with van der Waals surface area (Å²) in [4.78, 5) is 13.1. The van der Waals surface area contributed by atoms with Crippen LogP contribution in [0.4, 0.5) is 18.9 Å². The van der Waals surface area contributed by atoms with E-state index in [1.54, 1.807) is 6.92 Å². The van der Waals surface area contributed by atoms with E-state index < -0.39 is 27.9 Å². The molecule has 0 radical (unpaired) electrons. The van der Waals surface area contributed by atoms with Crippen LogP contribution in [0.25, 0.3) is 10.8 Å². The van der Waals surface area contributed by atoms with Crippen molar-refractivity contribution in [2.75, 3.05) is 5.32 Å². The van der Waals surface area contributed by atoms with Gasteiger partial charge in [0, 0.05) is 5.69 Å². The van der Waals surface area contributed by atoms with Crippen LogP contribution in [-0.2, 0) is 11.0 Å². The predicted octanol–water partition coefficient (Wildman–Crippen LogP) is 5.59. The molecule has 0 aliphatic rings. The molecule has 0 saturated carbocycles. The maximum Gasteiger partial charge on any atom is 0.417 e. The van der Waals surface area contributed by atoms with Crippen molar-refractivity contribution in [1.82, 2.24) is 10.2 Å². The normalized spacial score (nSPS) is 12.8. The number of nitrogens with one attached hydrogen (secondary N) is 1. The van der Waals surface area contributed by atoms with Crippen LogP contribution in [0.2, 0.25) is 5.02 Å². The molecule has 1 aromatic carbocycles. The Morgan fingerprint density at radius 2 is 2.11 bits per heavy atom. The molecule has 3 rings (SSSR count). The van der Waals surface area contributed by atoms with E-state index in [1.165, 1.54) is 17.4 Å². The van der Waals surface area contributed by atoms with Crippen LogP contribution in [0.3, 0.4) is 0 Å². The van der Waals surface area contributed by atoms with E-state index >= 15 is 0 Å². The molecule has 11 heteroatoms. The van der Waals surface area contributed by atoms with E-state index in [1.807, 2.05) is 17.5 Å². The maximum atomic E-state index is 12.9. The number of thiophene rings is 1. The van der Waals surface area contributed by atoms with Gasteiger partial charge < -0.3 is 9.73 Å². The molecular weight excluding hydrogens is 423 g/mol. The summed E-state index contributed by atoms with van der Waals surface area (Å²) in [5, 5.41) is 11.1. The van der Waals surface area contributed by atoms with Gasteiger partial charge in [-0.05, 0) is 36.6 Å². The van der Waals surface area contributed by atoms with Crippen molar-refractivity contribution in [1.29, 1.82) is 0 Å². The summed E-state index contributed by atoms with van der Waals surface area (Å²) < 4.78 is 44.2. The first-order chi connectivity index (χ1) is 12.7. The van der Waals surface area contributed by atoms with Crippen LogP contribution < -0.4 is 5.32 Å². The van der Waals surface area contributed by atoms with Gasteiger partial charge in [0.2, 0.25) is 5.91 Å². The average molecular weight is 434 g/mol. The van der Waals surface area contributed by atoms with Gasteiger partial charge in [0.1, 0.15) is 0 Å². The van der Waals surface area contributed by atoms with Crippen LogP contribution in [0.1, 0.15) is 12.5 Å². The first-order valence-electron chi connectivity index (χ1n) is 7.45. The van der Waals surface area contributed by atoms with Crippen LogP contribution in [-0.4, -0.2) is 21.4 Å². The van der Waals surface area contributed by atoms with E-state index in [0.717, 1.165) is 28.8 Å². The Hall–Kier alpha value is -2.04. The molecule has 3 aromatic rings. The second-order valence-corrected chi connectivity index (χ2v) is 7.94. The van der Waals surface area contributed by atoms with Crippen molar-refractivity contribution >= 4 is 46.3 Å². The minimum atomic E-state index is -4.61. The summed E-state index contributed by atoms with van der Waals surface area (Å²) in [6.45, 7) is 1.58. The Balaban J connectivity index is 1.66. The highest BCUT2D eigenvalue weighted by Gasteiger charge is 2.33. The monoisotopic (exact) mass is 433 g/mol. The van der Waals surface area contributed by atoms with E-state index in [2.05, 4.69) is 15.5 Å². The molecule has 1 N–H and O–H groups in total. The molecule has 1 atom stereocenters. The quantitative estimate of drug-likeness (QED) is 0.531. The highest BCUT2D eigenvalue weighted by Crippen LogP contribution is 2.36. The number of amides is 1. The van der Waals surface area contributed by atoms with Gasteiger partial charge >= 0.3 is 6.18 Å². The Labute approximate surface area is 164 Å². The second-order valence-electron chi connectivity index (χ2n) is 5.29. The van der Waals surface area contributed by atoms with Gasteiger partial charge in [-0.2, -0.15) is 13.2 Å². The maximum absolute atomic E-state index is 12.9. The Morgan fingerprint density at radius 1 is 1.33 bits per heavy atom. The van der Waals surface area contributed by atoms with Crippen LogP contribution >= 0.6 is 34.7 Å². The third-order valence-electron chi connectivity index (χ3n) is 3.32. The average Bonchev–Trinajstić information content (AvgIpc) is 3.26. The lowest BCUT2D eigenvalue weighted by Crippen LogP contribution is -2.22. The summed E-state index contributed by atoms with van der Waals surface area (Å²) in [6, 6.07) is 6.84. The molecule has 5 nitrogen and oxygen atoms in total. The van der Waals surface area contributed by atoms with Gasteiger partial charge in [-0.3, -0.25) is 4.79 Å². The number of alkyl halides is 3. The minimum absolute atomic E-state index is 0.00558. The topological polar surface area (TPSA) is 68.0 Å². The molecule has 0 aliphatic carbocycles. The Kier molecular flexibility index (Phi) is 5.78. The Bertz CT molecular complexity index is 945. The fraction of sp³-hybridized carbons (Fsp3) is 0.188. The standard InChI is InChI=1S/C16H11ClF3N3O2S2/c1-8(27-15-23-22-14(25-15)12-3-2-6-26-12)13(24)21-9-4-5-11(17)10(7-9)16(18,19)20/h2-8H,1H3,(H,21,24). The molecule has 0 saturated heterocycles. The van der Waals surface area contributed by atoms with Crippen LogP contribution in [0.15, 0.2) is 45.4 Å². The smallest absolute Gasteiger partial charge is 0.410 e. The number of hydrogen-bond donors (Lipinski definition) is 1. The number of rotatable bonds is 5. The van der Waals surface area contributed by atoms with E-state index in [-0.39, 0.29) is 10.9 Å². The molecule has 0 spiro atoms. The number of hydrogen-bond acceptors (Lipinski definition) is 6. The fourth-order valence-electron chi connectivity index (χ4n) is 2.03. The molecule has 27 heavy (non-hydrogen) atoms. The Morgan fingerprint density at radius 3 is 2.78 bits per heavy atom. The highest BCUT2D eigenvalue weighted by atomic mass is 35.5.